The van der Waals surface area contributed by atoms with E-state index >= 15 is 0 Å². The number of rotatable bonds is 0. The van der Waals surface area contributed by atoms with E-state index in [-0.39, 0.29) is 97.4 Å². The topological polar surface area (TPSA) is 265 Å². The number of hydrogen-bond acceptors (Lipinski definition) is 16. The summed E-state index contributed by atoms with van der Waals surface area (Å²) in [5.41, 5.74) is 14.0. The van der Waals surface area contributed by atoms with Crippen LogP contribution in [0, 0.1) is 94.7 Å². The SMILES string of the molecule is Oc1c2cc(C#Cc3cccnc3)cc1Cc1cc(C#Cc3cccnc3)cc(c1O)Cc1cc(C#Cc3cccnc3)cc(c1O)Cc1cc(C#Cc3cccnc3)cc(c1O)Cc1cc(C#Cc3cccnc3)cc(c1O)Cc1cc(C#Cc3cccnc3)cc(c1O)Cc1cc(C#Cc3cccnc3)cc(c1O)Cc1cc(C#Cc3cccnc3)cc(c1O)C2. The van der Waals surface area contributed by atoms with Crippen LogP contribution in [0.1, 0.15) is 178 Å². The van der Waals surface area contributed by atoms with Gasteiger partial charge < -0.3 is 40.9 Å². The Hall–Kier alpha value is -18.2. The Morgan fingerprint density at radius 2 is 0.234 bits per heavy atom. The second-order valence-corrected chi connectivity index (χ2v) is 30.5. The van der Waals surface area contributed by atoms with Crippen LogP contribution in [0.2, 0.25) is 0 Å². The van der Waals surface area contributed by atoms with E-state index in [1.54, 1.807) is 245 Å². The van der Waals surface area contributed by atoms with Crippen molar-refractivity contribution < 1.29 is 40.9 Å². The number of nitrogens with zero attached hydrogens (tertiary/aromatic N) is 8. The molecule has 1 aliphatic rings. The van der Waals surface area contributed by atoms with Crippen molar-refractivity contribution in [3.05, 3.63) is 471 Å². The number of phenolic OH excluding ortho intramolecular Hbond substituents is 8. The number of fused-ring (bicyclic) bond motifs is 16. The molecule has 8 aromatic carbocycles. The van der Waals surface area contributed by atoms with Gasteiger partial charge in [0.2, 0.25) is 0 Å². The van der Waals surface area contributed by atoms with Gasteiger partial charge in [0.15, 0.2) is 0 Å². The Bertz CT molecular complexity index is 6020. The van der Waals surface area contributed by atoms with Crippen molar-refractivity contribution in [2.45, 2.75) is 51.4 Å². The second kappa shape index (κ2) is 38.3. The largest absolute Gasteiger partial charge is 0.507 e. The molecule has 0 radical (unpaired) electrons. The summed E-state index contributed by atoms with van der Waals surface area (Å²) in [7, 11) is 0. The highest BCUT2D eigenvalue weighted by Gasteiger charge is 2.25. The molecular formula is C112H72N8O8. The molecule has 16 heteroatoms. The van der Waals surface area contributed by atoms with Gasteiger partial charge in [0.25, 0.3) is 0 Å². The zero-order valence-electron chi connectivity index (χ0n) is 68.5. The van der Waals surface area contributed by atoms with Gasteiger partial charge in [0.05, 0.1) is 0 Å². The molecule has 0 spiro atoms. The van der Waals surface area contributed by atoms with E-state index in [0.717, 1.165) is 0 Å². The van der Waals surface area contributed by atoms with Gasteiger partial charge in [0, 0.05) is 240 Å². The first-order chi connectivity index (χ1) is 62.6. The molecule has 16 bridgehead atoms. The zero-order valence-corrected chi connectivity index (χ0v) is 68.5. The van der Waals surface area contributed by atoms with Crippen LogP contribution in [0.25, 0.3) is 0 Å². The smallest absolute Gasteiger partial charge is 0.122 e. The molecule has 0 saturated heterocycles. The van der Waals surface area contributed by atoms with Gasteiger partial charge >= 0.3 is 0 Å². The van der Waals surface area contributed by atoms with Crippen molar-refractivity contribution in [2.24, 2.45) is 0 Å². The van der Waals surface area contributed by atoms with Gasteiger partial charge in [-0.25, -0.2) is 0 Å². The predicted octanol–water partition coefficient (Wildman–Crippen LogP) is 16.7. The number of benzene rings is 8. The van der Waals surface area contributed by atoms with E-state index in [2.05, 4.69) is 135 Å². The van der Waals surface area contributed by atoms with Gasteiger partial charge in [-0.2, -0.15) is 0 Å². The van der Waals surface area contributed by atoms with Crippen molar-refractivity contribution in [3.63, 3.8) is 0 Å². The lowest BCUT2D eigenvalue weighted by molar-refractivity contribution is 0.452. The third kappa shape index (κ3) is 20.4. The number of aromatic hydroxyl groups is 8. The van der Waals surface area contributed by atoms with E-state index in [1.165, 1.54) is 0 Å². The van der Waals surface area contributed by atoms with Crippen molar-refractivity contribution in [2.75, 3.05) is 0 Å². The van der Waals surface area contributed by atoms with Crippen LogP contribution in [0.15, 0.2) is 293 Å². The maximum absolute atomic E-state index is 13.1. The summed E-state index contributed by atoms with van der Waals surface area (Å²) in [5, 5.41) is 105. The summed E-state index contributed by atoms with van der Waals surface area (Å²) in [6.07, 6.45) is 25.4. The van der Waals surface area contributed by atoms with Gasteiger partial charge in [-0.15, -0.1) is 0 Å². The first-order valence-electron chi connectivity index (χ1n) is 40.8. The Morgan fingerprint density at radius 1 is 0.141 bits per heavy atom. The van der Waals surface area contributed by atoms with Crippen LogP contribution in [0.4, 0.5) is 0 Å². The zero-order chi connectivity index (χ0) is 87.7. The molecule has 0 saturated carbocycles. The summed E-state index contributed by atoms with van der Waals surface area (Å²) in [5.74, 6) is 50.9. The van der Waals surface area contributed by atoms with Crippen molar-refractivity contribution >= 4 is 0 Å². The van der Waals surface area contributed by atoms with Gasteiger partial charge in [0.1, 0.15) is 46.0 Å². The van der Waals surface area contributed by atoms with Crippen molar-refractivity contribution in [3.8, 4) is 141 Å². The molecular weight excluding hydrogens is 1590 g/mol. The van der Waals surface area contributed by atoms with Gasteiger partial charge in [-0.3, -0.25) is 39.9 Å². The highest BCUT2D eigenvalue weighted by Crippen LogP contribution is 2.43. The maximum Gasteiger partial charge on any atom is 0.122 e. The summed E-state index contributed by atoms with van der Waals surface area (Å²) >= 11 is 0. The summed E-state index contributed by atoms with van der Waals surface area (Å²) in [4.78, 5) is 34.5. The molecule has 0 amide bonds. The Balaban J connectivity index is 0.904. The summed E-state index contributed by atoms with van der Waals surface area (Å²) in [6.45, 7) is 0. The van der Waals surface area contributed by atoms with Crippen LogP contribution >= 0.6 is 0 Å². The molecule has 0 aliphatic heterocycles. The van der Waals surface area contributed by atoms with Crippen LogP contribution in [-0.2, 0) is 51.4 Å². The molecule has 8 heterocycles. The lowest BCUT2D eigenvalue weighted by Gasteiger charge is -2.18. The average Bonchev–Trinajstić information content (AvgIpc) is 0.787. The van der Waals surface area contributed by atoms with Crippen molar-refractivity contribution in [1.29, 1.82) is 0 Å². The minimum Gasteiger partial charge on any atom is -0.507 e. The molecule has 17 rings (SSSR count). The minimum absolute atomic E-state index is 0.113. The van der Waals surface area contributed by atoms with E-state index in [9.17, 15) is 40.9 Å². The van der Waals surface area contributed by atoms with E-state index in [4.69, 9.17) is 0 Å². The Morgan fingerprint density at radius 3 is 0.320 bits per heavy atom. The van der Waals surface area contributed by atoms with Crippen LogP contribution in [-0.4, -0.2) is 80.7 Å². The Labute approximate surface area is 739 Å². The molecule has 128 heavy (non-hydrogen) atoms. The van der Waals surface area contributed by atoms with Gasteiger partial charge in [-0.1, -0.05) is 94.7 Å². The van der Waals surface area contributed by atoms with Crippen LogP contribution in [0.3, 0.4) is 0 Å². The fourth-order valence-electron chi connectivity index (χ4n) is 15.1. The standard InChI is InChI=1S/C112H72N8O8/c121-105-89-41-81(25-17-73-9-1-33-113-65-73)42-90(105)58-92-44-83(27-19-75-11-3-35-115-67-75)46-94(107(92)123)60-96-48-85(29-21-77-13-5-37-117-69-77)50-98(109(96)125)62-100-52-87(31-23-79-15-7-39-119-71-79)54-102(111(100)127)64-104-56-88(32-24-80-16-8-40-120-72-80)55-103(112(104)128)63-101-53-86(30-22-78-14-6-38-118-70-78)51-99(110(101)126)61-97-49-84(28-20-76-12-4-36-116-68-76)47-95(108(97)124)59-93-45-82(43-91(57-89)106(93)122)26-18-74-10-2-34-114-66-74/h1-16,33-56,65-72,121-128H,57-64H2. The lowest BCUT2D eigenvalue weighted by Crippen LogP contribution is -2.03. The van der Waals surface area contributed by atoms with Crippen LogP contribution in [0.5, 0.6) is 46.0 Å². The molecule has 0 atom stereocenters. The molecule has 0 fully saturated rings. The quantitative estimate of drug-likeness (QED) is 0.0656. The first kappa shape index (κ1) is 82.2. The maximum atomic E-state index is 13.1. The van der Waals surface area contributed by atoms with Gasteiger partial charge in [-0.05, 0) is 283 Å². The lowest BCUT2D eigenvalue weighted by atomic mass is 9.88. The van der Waals surface area contributed by atoms with E-state index in [1.807, 2.05) is 48.5 Å². The predicted molar refractivity (Wildman–Crippen MR) is 489 cm³/mol. The number of pyridine rings is 8. The molecule has 1 aliphatic carbocycles. The highest BCUT2D eigenvalue weighted by molar-refractivity contribution is 5.66. The third-order valence-corrected chi connectivity index (χ3v) is 21.3. The monoisotopic (exact) mass is 1660 g/mol. The minimum atomic E-state index is -0.175. The molecule has 16 nitrogen and oxygen atoms in total. The van der Waals surface area contributed by atoms with E-state index < -0.39 is 0 Å². The molecule has 8 N–H and O–H groups in total. The highest BCUT2D eigenvalue weighted by atomic mass is 16.3. The molecule has 608 valence electrons. The first-order valence-corrected chi connectivity index (χ1v) is 40.8. The molecule has 16 aromatic rings. The summed E-state index contributed by atoms with van der Waals surface area (Å²) in [6, 6.07) is 56.8. The molecule has 8 aromatic heterocycles. The normalized spacial score (nSPS) is 11.2. The number of hydrogen-bond donors (Lipinski definition) is 8. The van der Waals surface area contributed by atoms with E-state index in [0.29, 0.717) is 178 Å². The fraction of sp³-hybridized carbons (Fsp3) is 0.0714. The summed E-state index contributed by atoms with van der Waals surface area (Å²) < 4.78 is 0. The fourth-order valence-corrected chi connectivity index (χ4v) is 15.1. The van der Waals surface area contributed by atoms with Crippen molar-refractivity contribution in [1.82, 2.24) is 39.9 Å². The van der Waals surface area contributed by atoms with Crippen LogP contribution < -0.4 is 0 Å². The Kier molecular flexibility index (Phi) is 24.6. The number of aromatic nitrogens is 8. The number of phenols is 8. The third-order valence-electron chi connectivity index (χ3n) is 21.3. The second-order valence-electron chi connectivity index (χ2n) is 30.5. The molecule has 0 unspecified atom stereocenters. The average molecular weight is 1660 g/mol.